The van der Waals surface area contributed by atoms with Gasteiger partial charge in [0.15, 0.2) is 6.10 Å². The van der Waals surface area contributed by atoms with Crippen LogP contribution in [0.25, 0.3) is 0 Å². The van der Waals surface area contributed by atoms with Crippen molar-refractivity contribution >= 4 is 19.8 Å². The second kappa shape index (κ2) is 35.4. The van der Waals surface area contributed by atoms with Crippen molar-refractivity contribution in [3.63, 3.8) is 0 Å². The molecule has 1 N–H and O–H groups in total. The van der Waals surface area contributed by atoms with Gasteiger partial charge in [-0.3, -0.25) is 18.6 Å². The predicted octanol–water partition coefficient (Wildman–Crippen LogP) is 11.3. The van der Waals surface area contributed by atoms with Crippen LogP contribution in [0.15, 0.2) is 60.8 Å². The number of hydrogen-bond donors (Lipinski definition) is 1. The summed E-state index contributed by atoms with van der Waals surface area (Å²) >= 11 is 0. The molecule has 0 aromatic heterocycles. The second-order valence-corrected chi connectivity index (χ2v) is 16.1. The van der Waals surface area contributed by atoms with E-state index in [4.69, 9.17) is 18.5 Å². The summed E-state index contributed by atoms with van der Waals surface area (Å²) in [7, 11) is 1.43. The molecule has 0 spiro atoms. The molecule has 0 heterocycles. The van der Waals surface area contributed by atoms with Crippen molar-refractivity contribution in [2.75, 3.05) is 47.5 Å². The molecule has 0 aliphatic rings. The summed E-state index contributed by atoms with van der Waals surface area (Å²) < 4.78 is 34.1. The molecular weight excluding hydrogens is 689 g/mol. The molecule has 0 radical (unpaired) electrons. The number of rotatable bonds is 36. The van der Waals surface area contributed by atoms with Crippen molar-refractivity contribution in [1.82, 2.24) is 0 Å². The zero-order valence-corrected chi connectivity index (χ0v) is 35.1. The van der Waals surface area contributed by atoms with Gasteiger partial charge in [-0.05, 0) is 51.4 Å². The van der Waals surface area contributed by atoms with Crippen LogP contribution in [0.3, 0.4) is 0 Å². The normalized spacial score (nSPS) is 14.3. The molecule has 10 heteroatoms. The predicted molar refractivity (Wildman–Crippen MR) is 219 cm³/mol. The molecule has 0 aliphatic heterocycles. The molecule has 2 atom stereocenters. The fourth-order valence-electron chi connectivity index (χ4n) is 5.05. The van der Waals surface area contributed by atoms with Crippen LogP contribution in [0.5, 0.6) is 0 Å². The molecule has 1 unspecified atom stereocenters. The lowest BCUT2D eigenvalue weighted by Crippen LogP contribution is -2.37. The van der Waals surface area contributed by atoms with Gasteiger partial charge in [0.05, 0.1) is 27.7 Å². The zero-order valence-electron chi connectivity index (χ0n) is 34.2. The van der Waals surface area contributed by atoms with Gasteiger partial charge in [0, 0.05) is 12.8 Å². The smallest absolute Gasteiger partial charge is 0.462 e. The molecule has 306 valence electrons. The van der Waals surface area contributed by atoms with E-state index in [0.29, 0.717) is 23.9 Å². The molecule has 0 fully saturated rings. The minimum absolute atomic E-state index is 0.0192. The van der Waals surface area contributed by atoms with Gasteiger partial charge < -0.3 is 18.9 Å². The minimum atomic E-state index is -4.38. The lowest BCUT2D eigenvalue weighted by Gasteiger charge is -2.24. The van der Waals surface area contributed by atoms with Gasteiger partial charge >= 0.3 is 19.8 Å². The first-order chi connectivity index (χ1) is 25.5. The van der Waals surface area contributed by atoms with Crippen molar-refractivity contribution in [3.05, 3.63) is 60.8 Å². The van der Waals surface area contributed by atoms with Gasteiger partial charge in [0.25, 0.3) is 0 Å². The summed E-state index contributed by atoms with van der Waals surface area (Å²) in [6.07, 6.45) is 41.4. The zero-order chi connectivity index (χ0) is 39.3. The van der Waals surface area contributed by atoms with Crippen LogP contribution >= 0.6 is 7.82 Å². The third-order valence-electron chi connectivity index (χ3n) is 8.31. The van der Waals surface area contributed by atoms with Gasteiger partial charge in [-0.15, -0.1) is 0 Å². The van der Waals surface area contributed by atoms with Crippen molar-refractivity contribution < 1.29 is 42.1 Å². The van der Waals surface area contributed by atoms with Crippen LogP contribution in [0.4, 0.5) is 0 Å². The van der Waals surface area contributed by atoms with Crippen LogP contribution in [0.1, 0.15) is 149 Å². The summed E-state index contributed by atoms with van der Waals surface area (Å²) in [5.41, 5.74) is 0. The molecule has 9 nitrogen and oxygen atoms in total. The summed E-state index contributed by atoms with van der Waals surface area (Å²) in [6, 6.07) is 0. The lowest BCUT2D eigenvalue weighted by molar-refractivity contribution is -0.870. The average molecular weight is 767 g/mol. The number of phosphoric acid groups is 1. The van der Waals surface area contributed by atoms with Crippen LogP contribution in [0.2, 0.25) is 0 Å². The van der Waals surface area contributed by atoms with E-state index in [0.717, 1.165) is 44.9 Å². The number of allylic oxidation sites excluding steroid dienone is 10. The number of esters is 2. The standard InChI is InChI=1S/C43H76NO8P/c1-6-8-10-12-14-16-18-19-20-21-22-23-24-25-26-28-29-31-33-35-42(45)49-39-41(40-51-53(47,48)50-38-37-44(3,4)5)52-43(46)36-34-32-30-27-17-15-13-11-9-7-2/h14,16,19-20,22-23,25-26,29,31,41H,6-13,15,17-18,21,24,27-28,30,32-40H2,1-5H3/p+1/b16-14+,20-19+,23-22+,26-25+,31-29+/t41-/m0/s1. The molecule has 0 aliphatic carbocycles. The molecular formula is C43H77NO8P+. The highest BCUT2D eigenvalue weighted by Gasteiger charge is 2.27. The summed E-state index contributed by atoms with van der Waals surface area (Å²) in [4.78, 5) is 35.2. The third-order valence-corrected chi connectivity index (χ3v) is 9.30. The van der Waals surface area contributed by atoms with Crippen molar-refractivity contribution in [1.29, 1.82) is 0 Å². The molecule has 53 heavy (non-hydrogen) atoms. The number of carbonyl (C=O) groups excluding carboxylic acids is 2. The number of likely N-dealkylation sites (N-methyl/N-ethyl adjacent to an activating group) is 1. The van der Waals surface area contributed by atoms with Crippen molar-refractivity contribution in [3.8, 4) is 0 Å². The van der Waals surface area contributed by atoms with E-state index in [1.807, 2.05) is 33.3 Å². The van der Waals surface area contributed by atoms with Crippen molar-refractivity contribution in [2.24, 2.45) is 0 Å². The first-order valence-corrected chi connectivity index (χ1v) is 22.0. The maximum atomic E-state index is 12.6. The van der Waals surface area contributed by atoms with E-state index < -0.39 is 32.5 Å². The number of hydrogen-bond acceptors (Lipinski definition) is 7. The quantitative estimate of drug-likeness (QED) is 0.0221. The van der Waals surface area contributed by atoms with Crippen LogP contribution in [-0.4, -0.2) is 74.9 Å². The minimum Gasteiger partial charge on any atom is -0.462 e. The molecule has 0 aromatic rings. The highest BCUT2D eigenvalue weighted by atomic mass is 31.2. The number of ether oxygens (including phenoxy) is 2. The van der Waals surface area contributed by atoms with Crippen LogP contribution < -0.4 is 0 Å². The Morgan fingerprint density at radius 1 is 0.585 bits per heavy atom. The lowest BCUT2D eigenvalue weighted by atomic mass is 10.1. The van der Waals surface area contributed by atoms with E-state index in [9.17, 15) is 19.0 Å². The Bertz CT molecular complexity index is 1090. The van der Waals surface area contributed by atoms with Crippen LogP contribution in [-0.2, 0) is 32.7 Å². The first kappa shape index (κ1) is 50.7. The summed E-state index contributed by atoms with van der Waals surface area (Å²) in [5, 5.41) is 0. The fourth-order valence-corrected chi connectivity index (χ4v) is 5.80. The van der Waals surface area contributed by atoms with E-state index in [2.05, 4.69) is 62.5 Å². The number of phosphoric ester groups is 1. The highest BCUT2D eigenvalue weighted by Crippen LogP contribution is 2.43. The Hall–Kier alpha value is -2.29. The Kier molecular flexibility index (Phi) is 33.9. The number of carbonyl (C=O) groups is 2. The van der Waals surface area contributed by atoms with E-state index in [-0.39, 0.29) is 26.1 Å². The number of unbranched alkanes of at least 4 members (excludes halogenated alkanes) is 12. The van der Waals surface area contributed by atoms with Gasteiger partial charge in [-0.25, -0.2) is 4.57 Å². The fraction of sp³-hybridized carbons (Fsp3) is 0.721. The van der Waals surface area contributed by atoms with Crippen LogP contribution in [0, 0.1) is 0 Å². The van der Waals surface area contributed by atoms with Gasteiger partial charge in [-0.2, -0.15) is 0 Å². The Morgan fingerprint density at radius 3 is 1.58 bits per heavy atom. The molecule has 0 rings (SSSR count). The van der Waals surface area contributed by atoms with E-state index in [1.54, 1.807) is 0 Å². The van der Waals surface area contributed by atoms with Crippen molar-refractivity contribution in [2.45, 2.75) is 155 Å². The second-order valence-electron chi connectivity index (χ2n) is 14.7. The average Bonchev–Trinajstić information content (AvgIpc) is 3.10. The Balaban J connectivity index is 4.49. The topological polar surface area (TPSA) is 108 Å². The molecule has 0 bridgehead atoms. The van der Waals surface area contributed by atoms with Gasteiger partial charge in [0.2, 0.25) is 0 Å². The summed E-state index contributed by atoms with van der Waals surface area (Å²) in [6.45, 7) is 4.27. The summed E-state index contributed by atoms with van der Waals surface area (Å²) in [5.74, 6) is -0.901. The number of quaternary nitrogens is 1. The molecule has 0 aromatic carbocycles. The highest BCUT2D eigenvalue weighted by molar-refractivity contribution is 7.47. The molecule has 0 saturated heterocycles. The molecule has 0 amide bonds. The molecule has 0 saturated carbocycles. The number of nitrogens with zero attached hydrogens (tertiary/aromatic N) is 1. The van der Waals surface area contributed by atoms with E-state index in [1.165, 1.54) is 64.2 Å². The van der Waals surface area contributed by atoms with E-state index >= 15 is 0 Å². The third kappa shape index (κ3) is 39.2. The van der Waals surface area contributed by atoms with Gasteiger partial charge in [-0.1, -0.05) is 145 Å². The largest absolute Gasteiger partial charge is 0.472 e. The first-order valence-electron chi connectivity index (χ1n) is 20.5. The monoisotopic (exact) mass is 767 g/mol. The maximum Gasteiger partial charge on any atom is 0.472 e. The maximum absolute atomic E-state index is 12.6. The Morgan fingerprint density at radius 2 is 1.06 bits per heavy atom. The van der Waals surface area contributed by atoms with Gasteiger partial charge in [0.1, 0.15) is 19.8 Å². The Labute approximate surface area is 324 Å². The SMILES string of the molecule is CCCCC/C=C/C/C=C/C/C=C/C/C=C/C/C=C/CCC(=O)OC[C@@H](COP(=O)(O)OCC[N+](C)(C)C)OC(=O)CCCCCCCCCCCC.